The summed E-state index contributed by atoms with van der Waals surface area (Å²) in [5.74, 6) is 1.84. The van der Waals surface area contributed by atoms with Crippen molar-refractivity contribution in [2.45, 2.75) is 31.9 Å². The van der Waals surface area contributed by atoms with Crippen LogP contribution >= 0.6 is 11.6 Å². The maximum Gasteiger partial charge on any atom is 0.197 e. The summed E-state index contributed by atoms with van der Waals surface area (Å²) in [7, 11) is 0. The first-order valence-electron chi connectivity index (χ1n) is 8.63. The van der Waals surface area contributed by atoms with E-state index in [1.54, 1.807) is 6.26 Å². The van der Waals surface area contributed by atoms with Gasteiger partial charge in [0.05, 0.1) is 6.54 Å². The normalized spacial score (nSPS) is 16.3. The standard InChI is InChI=1S/C21H24ClNO2/c1-16(2)20-14-19(9-8-18(20)15-22)24-12-10-23-11-13-25-21(23)17-6-4-3-5-7-17/h3-9,11,13-14,16,21H,10,12,15H2,1-2H3. The minimum absolute atomic E-state index is 0.0744. The molecule has 4 heteroatoms. The number of nitrogens with zero attached hydrogens (tertiary/aromatic N) is 1. The van der Waals surface area contributed by atoms with E-state index in [0.29, 0.717) is 18.4 Å². The second-order valence-electron chi connectivity index (χ2n) is 6.42. The van der Waals surface area contributed by atoms with Crippen molar-refractivity contribution in [1.82, 2.24) is 4.90 Å². The lowest BCUT2D eigenvalue weighted by Crippen LogP contribution is -2.25. The quantitative estimate of drug-likeness (QED) is 0.617. The van der Waals surface area contributed by atoms with Crippen LogP contribution in [0, 0.1) is 0 Å². The van der Waals surface area contributed by atoms with Crippen LogP contribution in [0.1, 0.15) is 42.7 Å². The Morgan fingerprint density at radius 1 is 1.16 bits per heavy atom. The maximum atomic E-state index is 6.02. The van der Waals surface area contributed by atoms with E-state index in [0.717, 1.165) is 17.9 Å². The number of ether oxygens (including phenoxy) is 2. The van der Waals surface area contributed by atoms with E-state index in [4.69, 9.17) is 21.1 Å². The zero-order valence-corrected chi connectivity index (χ0v) is 15.4. The van der Waals surface area contributed by atoms with Gasteiger partial charge in [0, 0.05) is 17.6 Å². The first-order chi connectivity index (χ1) is 12.2. The molecule has 3 rings (SSSR count). The van der Waals surface area contributed by atoms with Crippen LogP contribution in [-0.4, -0.2) is 18.1 Å². The third kappa shape index (κ3) is 4.29. The van der Waals surface area contributed by atoms with Gasteiger partial charge in [0.1, 0.15) is 18.6 Å². The van der Waals surface area contributed by atoms with Crippen LogP contribution in [0.2, 0.25) is 0 Å². The summed E-state index contributed by atoms with van der Waals surface area (Å²) in [5, 5.41) is 0. The highest BCUT2D eigenvalue weighted by molar-refractivity contribution is 6.17. The number of alkyl halides is 1. The summed E-state index contributed by atoms with van der Waals surface area (Å²) in [6, 6.07) is 16.4. The third-order valence-corrected chi connectivity index (χ3v) is 4.64. The molecule has 1 aliphatic rings. The molecule has 0 amide bonds. The van der Waals surface area contributed by atoms with Gasteiger partial charge in [0.15, 0.2) is 6.23 Å². The summed E-state index contributed by atoms with van der Waals surface area (Å²) in [5.41, 5.74) is 3.56. The second-order valence-corrected chi connectivity index (χ2v) is 6.69. The molecule has 1 atom stereocenters. The van der Waals surface area contributed by atoms with Crippen LogP contribution in [0.4, 0.5) is 0 Å². The lowest BCUT2D eigenvalue weighted by Gasteiger charge is -2.24. The van der Waals surface area contributed by atoms with E-state index in [2.05, 4.69) is 43.0 Å². The van der Waals surface area contributed by atoms with Gasteiger partial charge < -0.3 is 14.4 Å². The Balaban J connectivity index is 1.59. The minimum atomic E-state index is -0.0744. The van der Waals surface area contributed by atoms with Crippen LogP contribution in [0.15, 0.2) is 61.0 Å². The molecule has 0 saturated carbocycles. The van der Waals surface area contributed by atoms with Crippen LogP contribution < -0.4 is 4.74 Å². The van der Waals surface area contributed by atoms with Crippen molar-refractivity contribution in [3.8, 4) is 5.75 Å². The second kappa shape index (κ2) is 8.30. The van der Waals surface area contributed by atoms with Crippen LogP contribution in [0.5, 0.6) is 5.75 Å². The molecule has 132 valence electrons. The van der Waals surface area contributed by atoms with Crippen LogP contribution in [0.3, 0.4) is 0 Å². The minimum Gasteiger partial charge on any atom is -0.492 e. The molecule has 1 heterocycles. The molecule has 0 spiro atoms. The van der Waals surface area contributed by atoms with E-state index in [1.807, 2.05) is 30.5 Å². The van der Waals surface area contributed by atoms with Gasteiger partial charge in [0.25, 0.3) is 0 Å². The van der Waals surface area contributed by atoms with E-state index in [1.165, 1.54) is 11.1 Å². The molecule has 0 bridgehead atoms. The summed E-state index contributed by atoms with van der Waals surface area (Å²) in [6.45, 7) is 5.69. The number of hydrogen-bond donors (Lipinski definition) is 0. The molecule has 0 saturated heterocycles. The van der Waals surface area contributed by atoms with Gasteiger partial charge >= 0.3 is 0 Å². The third-order valence-electron chi connectivity index (χ3n) is 4.35. The summed E-state index contributed by atoms with van der Waals surface area (Å²) in [4.78, 5) is 2.14. The highest BCUT2D eigenvalue weighted by Gasteiger charge is 2.22. The molecule has 3 nitrogen and oxygen atoms in total. The fourth-order valence-electron chi connectivity index (χ4n) is 3.01. The van der Waals surface area contributed by atoms with Gasteiger partial charge in [-0.3, -0.25) is 0 Å². The first kappa shape index (κ1) is 17.7. The Kier molecular flexibility index (Phi) is 5.87. The van der Waals surface area contributed by atoms with E-state index < -0.39 is 0 Å². The average molecular weight is 358 g/mol. The molecule has 1 unspecified atom stereocenters. The molecule has 1 aliphatic heterocycles. The smallest absolute Gasteiger partial charge is 0.197 e. The van der Waals surface area contributed by atoms with E-state index in [-0.39, 0.29) is 6.23 Å². The molecule has 0 aliphatic carbocycles. The van der Waals surface area contributed by atoms with Crippen molar-refractivity contribution >= 4 is 11.6 Å². The molecule has 0 fully saturated rings. The SMILES string of the molecule is CC(C)c1cc(OCCN2C=COC2c2ccccc2)ccc1CCl. The lowest BCUT2D eigenvalue weighted by atomic mass is 9.98. The summed E-state index contributed by atoms with van der Waals surface area (Å²) < 4.78 is 11.7. The Morgan fingerprint density at radius 2 is 1.96 bits per heavy atom. The van der Waals surface area contributed by atoms with Crippen molar-refractivity contribution < 1.29 is 9.47 Å². The predicted octanol–water partition coefficient (Wildman–Crippen LogP) is 5.43. The van der Waals surface area contributed by atoms with Gasteiger partial charge in [-0.05, 0) is 29.2 Å². The highest BCUT2D eigenvalue weighted by atomic mass is 35.5. The Morgan fingerprint density at radius 3 is 2.68 bits per heavy atom. The summed E-state index contributed by atoms with van der Waals surface area (Å²) in [6.07, 6.45) is 3.63. The molecule has 0 N–H and O–H groups in total. The predicted molar refractivity (Wildman–Crippen MR) is 102 cm³/mol. The Bertz CT molecular complexity index is 715. The van der Waals surface area contributed by atoms with Gasteiger partial charge in [-0.2, -0.15) is 0 Å². The number of rotatable bonds is 7. The molecular weight excluding hydrogens is 334 g/mol. The van der Waals surface area contributed by atoms with Crippen molar-refractivity contribution in [2.75, 3.05) is 13.2 Å². The number of halogens is 1. The molecule has 2 aromatic rings. The number of benzene rings is 2. The molecule has 2 aromatic carbocycles. The fourth-order valence-corrected chi connectivity index (χ4v) is 3.26. The van der Waals surface area contributed by atoms with Crippen LogP contribution in [-0.2, 0) is 10.6 Å². The largest absolute Gasteiger partial charge is 0.492 e. The van der Waals surface area contributed by atoms with Gasteiger partial charge in [0.2, 0.25) is 0 Å². The molecule has 0 radical (unpaired) electrons. The Labute approximate surface area is 154 Å². The van der Waals surface area contributed by atoms with E-state index in [9.17, 15) is 0 Å². The fraction of sp³-hybridized carbons (Fsp3) is 0.333. The van der Waals surface area contributed by atoms with Crippen molar-refractivity contribution in [3.05, 3.63) is 77.7 Å². The Hall–Kier alpha value is -2.13. The molecular formula is C21H24ClNO2. The molecule has 0 aromatic heterocycles. The zero-order chi connectivity index (χ0) is 17.6. The van der Waals surface area contributed by atoms with E-state index >= 15 is 0 Å². The first-order valence-corrected chi connectivity index (χ1v) is 9.17. The van der Waals surface area contributed by atoms with Crippen LogP contribution in [0.25, 0.3) is 0 Å². The zero-order valence-electron chi connectivity index (χ0n) is 14.7. The maximum absolute atomic E-state index is 6.02. The van der Waals surface area contributed by atoms with Crippen molar-refractivity contribution in [1.29, 1.82) is 0 Å². The van der Waals surface area contributed by atoms with Crippen molar-refractivity contribution in [3.63, 3.8) is 0 Å². The lowest BCUT2D eigenvalue weighted by molar-refractivity contribution is 0.0490. The van der Waals surface area contributed by atoms with Gasteiger partial charge in [-0.1, -0.05) is 50.2 Å². The summed E-state index contributed by atoms with van der Waals surface area (Å²) >= 11 is 6.02. The molecule has 25 heavy (non-hydrogen) atoms. The average Bonchev–Trinajstić information content (AvgIpc) is 3.11. The highest BCUT2D eigenvalue weighted by Crippen LogP contribution is 2.28. The van der Waals surface area contributed by atoms with Gasteiger partial charge in [-0.15, -0.1) is 11.6 Å². The van der Waals surface area contributed by atoms with Gasteiger partial charge in [-0.25, -0.2) is 0 Å². The van der Waals surface area contributed by atoms with Crippen molar-refractivity contribution in [2.24, 2.45) is 0 Å². The monoisotopic (exact) mass is 357 g/mol. The topological polar surface area (TPSA) is 21.7 Å². The number of hydrogen-bond acceptors (Lipinski definition) is 3.